The molecular weight excluding hydrogens is 242 g/mol. The quantitative estimate of drug-likeness (QED) is 0.791. The van der Waals surface area contributed by atoms with Crippen LogP contribution in [0.15, 0.2) is 12.3 Å². The maximum atomic E-state index is 11.7. The molecule has 5 heteroatoms. The molecule has 1 aliphatic heterocycles. The summed E-state index contributed by atoms with van der Waals surface area (Å²) in [5.41, 5.74) is 1.80. The molecule has 1 saturated heterocycles. The molecule has 0 saturated carbocycles. The van der Waals surface area contributed by atoms with Gasteiger partial charge in [0.1, 0.15) is 0 Å². The van der Waals surface area contributed by atoms with E-state index in [1.807, 2.05) is 12.3 Å². The van der Waals surface area contributed by atoms with Crippen LogP contribution in [-0.2, 0) is 11.3 Å². The summed E-state index contributed by atoms with van der Waals surface area (Å²) in [5.74, 6) is 0.117. The predicted octanol–water partition coefficient (Wildman–Crippen LogP) is 1.45. The Bertz CT molecular complexity index is 422. The van der Waals surface area contributed by atoms with Crippen molar-refractivity contribution in [2.24, 2.45) is 0 Å². The number of morpholine rings is 1. The van der Waals surface area contributed by atoms with Crippen LogP contribution >= 0.6 is 0 Å². The number of ether oxygens (including phenoxy) is 1. The number of rotatable bonds is 6. The maximum Gasteiger partial charge on any atom is 0.176 e. The lowest BCUT2D eigenvalue weighted by Gasteiger charge is -2.26. The van der Waals surface area contributed by atoms with E-state index < -0.39 is 0 Å². The molecule has 0 bridgehead atoms. The third-order valence-corrected chi connectivity index (χ3v) is 3.40. The Morgan fingerprint density at radius 3 is 2.74 bits per heavy atom. The zero-order chi connectivity index (χ0) is 13.7. The molecule has 1 aromatic rings. The molecule has 2 heterocycles. The highest BCUT2D eigenvalue weighted by Crippen LogP contribution is 2.15. The Balaban J connectivity index is 1.99. The van der Waals surface area contributed by atoms with Gasteiger partial charge in [-0.2, -0.15) is 0 Å². The Morgan fingerprint density at radius 1 is 1.37 bits per heavy atom. The van der Waals surface area contributed by atoms with Crippen molar-refractivity contribution in [3.63, 3.8) is 0 Å². The second-order valence-corrected chi connectivity index (χ2v) is 4.85. The van der Waals surface area contributed by atoms with E-state index >= 15 is 0 Å². The van der Waals surface area contributed by atoms with E-state index in [2.05, 4.69) is 21.7 Å². The Labute approximate surface area is 114 Å². The highest BCUT2D eigenvalue weighted by molar-refractivity contribution is 5.93. The minimum absolute atomic E-state index is 0.117. The van der Waals surface area contributed by atoms with Gasteiger partial charge in [-0.05, 0) is 13.0 Å². The van der Waals surface area contributed by atoms with Crippen LogP contribution in [-0.4, -0.2) is 54.6 Å². The van der Waals surface area contributed by atoms with Gasteiger partial charge in [-0.25, -0.2) is 0 Å². The van der Waals surface area contributed by atoms with E-state index in [0.717, 1.165) is 57.3 Å². The largest absolute Gasteiger partial charge is 0.384 e. The fourth-order valence-electron chi connectivity index (χ4n) is 2.37. The van der Waals surface area contributed by atoms with E-state index in [1.54, 1.807) is 6.92 Å². The van der Waals surface area contributed by atoms with Crippen LogP contribution in [0.5, 0.6) is 0 Å². The van der Waals surface area contributed by atoms with Gasteiger partial charge in [0.25, 0.3) is 0 Å². The first-order valence-corrected chi connectivity index (χ1v) is 6.95. The molecule has 1 N–H and O–H groups in total. The fraction of sp³-hybridized carbons (Fsp3) is 0.643. The summed E-state index contributed by atoms with van der Waals surface area (Å²) in [6, 6.07) is 1.94. The zero-order valence-corrected chi connectivity index (χ0v) is 11.8. The van der Waals surface area contributed by atoms with Crippen LogP contribution in [0.1, 0.15) is 24.3 Å². The molecule has 0 unspecified atom stereocenters. The van der Waals surface area contributed by atoms with Crippen molar-refractivity contribution in [1.82, 2.24) is 9.47 Å². The first kappa shape index (κ1) is 14.1. The van der Waals surface area contributed by atoms with Crippen LogP contribution in [0.3, 0.4) is 0 Å². The van der Waals surface area contributed by atoms with Crippen molar-refractivity contribution in [3.8, 4) is 0 Å². The lowest BCUT2D eigenvalue weighted by atomic mass is 10.3. The lowest BCUT2D eigenvalue weighted by molar-refractivity contribution is 0.0363. The van der Waals surface area contributed by atoms with Gasteiger partial charge < -0.3 is 14.6 Å². The number of carbonyl (C=O) groups excluding carboxylic acids is 1. The molecule has 0 amide bonds. The number of ketones is 1. The van der Waals surface area contributed by atoms with Crippen molar-refractivity contribution in [3.05, 3.63) is 18.0 Å². The monoisotopic (exact) mass is 265 g/mol. The molecule has 1 aliphatic rings. The molecule has 0 atom stereocenters. The van der Waals surface area contributed by atoms with Crippen LogP contribution in [0.25, 0.3) is 0 Å². The van der Waals surface area contributed by atoms with Gasteiger partial charge in [0.2, 0.25) is 0 Å². The van der Waals surface area contributed by atoms with Gasteiger partial charge in [0, 0.05) is 45.8 Å². The summed E-state index contributed by atoms with van der Waals surface area (Å²) in [7, 11) is 0. The second-order valence-electron chi connectivity index (χ2n) is 4.85. The molecule has 1 aromatic heterocycles. The smallest absolute Gasteiger partial charge is 0.176 e. The summed E-state index contributed by atoms with van der Waals surface area (Å²) in [6.45, 7) is 9.94. The lowest BCUT2D eigenvalue weighted by Crippen LogP contribution is -2.38. The van der Waals surface area contributed by atoms with Crippen molar-refractivity contribution in [2.45, 2.75) is 20.4 Å². The van der Waals surface area contributed by atoms with Crippen LogP contribution in [0.2, 0.25) is 0 Å². The summed E-state index contributed by atoms with van der Waals surface area (Å²) in [4.78, 5) is 14.0. The average Bonchev–Trinajstić information content (AvgIpc) is 2.81. The number of anilines is 1. The fourth-order valence-corrected chi connectivity index (χ4v) is 2.37. The van der Waals surface area contributed by atoms with Crippen molar-refractivity contribution in [2.75, 3.05) is 44.7 Å². The molecule has 0 spiro atoms. The van der Waals surface area contributed by atoms with Crippen LogP contribution in [0, 0.1) is 0 Å². The summed E-state index contributed by atoms with van der Waals surface area (Å²) in [6.07, 6.45) is 2.03. The Kier molecular flexibility index (Phi) is 4.99. The summed E-state index contributed by atoms with van der Waals surface area (Å²) in [5, 5.41) is 3.25. The van der Waals surface area contributed by atoms with Crippen LogP contribution < -0.4 is 5.32 Å². The van der Waals surface area contributed by atoms with E-state index in [0.29, 0.717) is 0 Å². The minimum atomic E-state index is 0.117. The normalized spacial score (nSPS) is 16.5. The van der Waals surface area contributed by atoms with Gasteiger partial charge in [0.15, 0.2) is 5.78 Å². The molecule has 19 heavy (non-hydrogen) atoms. The molecule has 0 aromatic carbocycles. The molecule has 106 valence electrons. The third kappa shape index (κ3) is 3.81. The number of aromatic nitrogens is 1. The Hall–Kier alpha value is -1.33. The van der Waals surface area contributed by atoms with E-state index in [-0.39, 0.29) is 5.78 Å². The highest BCUT2D eigenvalue weighted by Gasteiger charge is 2.13. The highest BCUT2D eigenvalue weighted by atomic mass is 16.5. The average molecular weight is 265 g/mol. The van der Waals surface area contributed by atoms with Gasteiger partial charge >= 0.3 is 0 Å². The summed E-state index contributed by atoms with van der Waals surface area (Å²) >= 11 is 0. The topological polar surface area (TPSA) is 46.5 Å². The number of hydrogen-bond acceptors (Lipinski definition) is 4. The minimum Gasteiger partial charge on any atom is -0.384 e. The van der Waals surface area contributed by atoms with E-state index in [1.165, 1.54) is 0 Å². The number of nitrogens with one attached hydrogen (secondary N) is 1. The van der Waals surface area contributed by atoms with Gasteiger partial charge in [-0.15, -0.1) is 0 Å². The molecule has 5 nitrogen and oxygen atoms in total. The van der Waals surface area contributed by atoms with Crippen LogP contribution in [0.4, 0.5) is 5.69 Å². The number of nitrogens with zero attached hydrogens (tertiary/aromatic N) is 2. The van der Waals surface area contributed by atoms with E-state index in [4.69, 9.17) is 4.74 Å². The van der Waals surface area contributed by atoms with E-state index in [9.17, 15) is 4.79 Å². The van der Waals surface area contributed by atoms with Gasteiger partial charge in [-0.1, -0.05) is 0 Å². The third-order valence-electron chi connectivity index (χ3n) is 3.40. The number of Topliss-reactive ketones (excluding diaryl/α,β-unsaturated/α-hetero) is 1. The number of carbonyl (C=O) groups is 1. The Morgan fingerprint density at radius 2 is 2.11 bits per heavy atom. The van der Waals surface area contributed by atoms with Crippen molar-refractivity contribution < 1.29 is 9.53 Å². The summed E-state index contributed by atoms with van der Waals surface area (Å²) < 4.78 is 7.39. The first-order valence-electron chi connectivity index (χ1n) is 6.95. The molecule has 2 rings (SSSR count). The molecule has 0 aliphatic carbocycles. The zero-order valence-electron chi connectivity index (χ0n) is 11.8. The van der Waals surface area contributed by atoms with Crippen molar-refractivity contribution >= 4 is 11.5 Å². The van der Waals surface area contributed by atoms with Gasteiger partial charge in [0.05, 0.1) is 24.6 Å². The van der Waals surface area contributed by atoms with Gasteiger partial charge in [-0.3, -0.25) is 9.69 Å². The first-order chi connectivity index (χ1) is 9.20. The number of hydrogen-bond donors (Lipinski definition) is 1. The standard InChI is InChI=1S/C14H23N3O2/c1-3-15-13-10-14(12(2)18)17(11-13)5-4-16-6-8-19-9-7-16/h10-11,15H,3-9H2,1-2H3. The SMILES string of the molecule is CCNc1cc(C(C)=O)n(CCN2CCOCC2)c1. The molecule has 1 fully saturated rings. The molecule has 0 radical (unpaired) electrons. The maximum absolute atomic E-state index is 11.7. The van der Waals surface area contributed by atoms with Crippen molar-refractivity contribution in [1.29, 1.82) is 0 Å². The second kappa shape index (κ2) is 6.73. The predicted molar refractivity (Wildman–Crippen MR) is 75.9 cm³/mol. The molecular formula is C14H23N3O2.